The summed E-state index contributed by atoms with van der Waals surface area (Å²) in [5.41, 5.74) is 0.574. The van der Waals surface area contributed by atoms with Gasteiger partial charge in [-0.15, -0.1) is 0 Å². The van der Waals surface area contributed by atoms with E-state index in [9.17, 15) is 4.79 Å². The van der Waals surface area contributed by atoms with Gasteiger partial charge in [-0.05, 0) is 25.2 Å². The molecule has 0 aromatic carbocycles. The maximum atomic E-state index is 12.4. The number of nitrogens with zero attached hydrogens (tertiary/aromatic N) is 3. The zero-order chi connectivity index (χ0) is 13.2. The molecule has 2 heterocycles. The van der Waals surface area contributed by atoms with Gasteiger partial charge in [0.1, 0.15) is 5.69 Å². The van der Waals surface area contributed by atoms with Gasteiger partial charge in [0.2, 0.25) is 5.95 Å². The number of rotatable bonds is 3. The van der Waals surface area contributed by atoms with Crippen LogP contribution >= 0.6 is 0 Å². The van der Waals surface area contributed by atoms with Crippen LogP contribution in [0.4, 0.5) is 5.95 Å². The number of aryl methyl sites for hydroxylation is 1. The molecule has 1 aliphatic heterocycles. The van der Waals surface area contributed by atoms with Crippen LogP contribution in [0.3, 0.4) is 0 Å². The maximum Gasteiger partial charge on any atom is 0.273 e. The van der Waals surface area contributed by atoms with Crippen LogP contribution in [0.5, 0.6) is 0 Å². The third-order valence-electron chi connectivity index (χ3n) is 4.21. The van der Waals surface area contributed by atoms with Crippen molar-refractivity contribution in [2.45, 2.75) is 38.6 Å². The number of imidazole rings is 1. The first-order chi connectivity index (χ1) is 9.24. The second-order valence-electron chi connectivity index (χ2n) is 5.76. The van der Waals surface area contributed by atoms with E-state index in [0.29, 0.717) is 11.6 Å². The van der Waals surface area contributed by atoms with E-state index < -0.39 is 0 Å². The molecule has 5 heteroatoms. The summed E-state index contributed by atoms with van der Waals surface area (Å²) in [5.74, 6) is 1.57. The molecule has 0 unspecified atom stereocenters. The van der Waals surface area contributed by atoms with E-state index in [4.69, 9.17) is 0 Å². The first kappa shape index (κ1) is 12.5. The predicted molar refractivity (Wildman–Crippen MR) is 74.3 cm³/mol. The molecule has 104 valence electrons. The quantitative estimate of drug-likeness (QED) is 0.906. The minimum Gasteiger partial charge on any atom is -0.356 e. The van der Waals surface area contributed by atoms with E-state index in [0.717, 1.165) is 32.0 Å². The molecule has 1 aromatic rings. The van der Waals surface area contributed by atoms with Gasteiger partial charge in [-0.1, -0.05) is 12.8 Å². The standard InChI is InChI=1S/C14H22N4O/c1-17(9-11-5-2-3-6-11)13(19)12-10-18-8-4-7-15-14(18)16-12/h10-11H,2-9H2,1H3,(H,15,16). The summed E-state index contributed by atoms with van der Waals surface area (Å²) in [6, 6.07) is 0. The van der Waals surface area contributed by atoms with E-state index in [1.54, 1.807) is 0 Å². The Morgan fingerprint density at radius 1 is 1.47 bits per heavy atom. The topological polar surface area (TPSA) is 50.2 Å². The summed E-state index contributed by atoms with van der Waals surface area (Å²) in [5, 5.41) is 3.23. The fourth-order valence-electron chi connectivity index (χ4n) is 3.14. The van der Waals surface area contributed by atoms with Crippen molar-refractivity contribution in [3.63, 3.8) is 0 Å². The Morgan fingerprint density at radius 3 is 3.00 bits per heavy atom. The number of hydrogen-bond donors (Lipinski definition) is 1. The van der Waals surface area contributed by atoms with Crippen LogP contribution in [0.1, 0.15) is 42.6 Å². The van der Waals surface area contributed by atoms with Crippen molar-refractivity contribution in [1.29, 1.82) is 0 Å². The van der Waals surface area contributed by atoms with Crippen LogP contribution in [-0.4, -0.2) is 40.5 Å². The molecule has 5 nitrogen and oxygen atoms in total. The van der Waals surface area contributed by atoms with Crippen LogP contribution < -0.4 is 5.32 Å². The van der Waals surface area contributed by atoms with Gasteiger partial charge in [0.25, 0.3) is 5.91 Å². The van der Waals surface area contributed by atoms with E-state index in [2.05, 4.69) is 10.3 Å². The van der Waals surface area contributed by atoms with Crippen LogP contribution in [0.25, 0.3) is 0 Å². The normalized spacial score (nSPS) is 19.0. The smallest absolute Gasteiger partial charge is 0.273 e. The molecule has 1 fully saturated rings. The van der Waals surface area contributed by atoms with Crippen LogP contribution in [0.2, 0.25) is 0 Å². The molecule has 1 saturated carbocycles. The van der Waals surface area contributed by atoms with Crippen LogP contribution in [-0.2, 0) is 6.54 Å². The van der Waals surface area contributed by atoms with Gasteiger partial charge in [-0.25, -0.2) is 4.98 Å². The lowest BCUT2D eigenvalue weighted by atomic mass is 10.1. The largest absolute Gasteiger partial charge is 0.356 e. The maximum absolute atomic E-state index is 12.4. The molecule has 0 saturated heterocycles. The third kappa shape index (κ3) is 2.60. The van der Waals surface area contributed by atoms with Crippen LogP contribution in [0.15, 0.2) is 6.20 Å². The number of fused-ring (bicyclic) bond motifs is 1. The average molecular weight is 262 g/mol. The molecule has 2 aliphatic rings. The van der Waals surface area contributed by atoms with Gasteiger partial charge in [-0.3, -0.25) is 4.79 Å². The molecule has 0 spiro atoms. The number of carbonyl (C=O) groups is 1. The highest BCUT2D eigenvalue weighted by atomic mass is 16.2. The Balaban J connectivity index is 1.66. The van der Waals surface area contributed by atoms with Crippen molar-refractivity contribution < 1.29 is 4.79 Å². The van der Waals surface area contributed by atoms with Crippen molar-refractivity contribution >= 4 is 11.9 Å². The van der Waals surface area contributed by atoms with E-state index in [1.165, 1.54) is 25.7 Å². The average Bonchev–Trinajstić information content (AvgIpc) is 3.05. The molecule has 1 aromatic heterocycles. The summed E-state index contributed by atoms with van der Waals surface area (Å²) in [6.07, 6.45) is 8.13. The molecule has 0 bridgehead atoms. The van der Waals surface area contributed by atoms with E-state index in [-0.39, 0.29) is 5.91 Å². The fourth-order valence-corrected chi connectivity index (χ4v) is 3.14. The summed E-state index contributed by atoms with van der Waals surface area (Å²) >= 11 is 0. The molecule has 0 radical (unpaired) electrons. The highest BCUT2D eigenvalue weighted by Crippen LogP contribution is 2.25. The van der Waals surface area contributed by atoms with Gasteiger partial charge >= 0.3 is 0 Å². The Morgan fingerprint density at radius 2 is 2.26 bits per heavy atom. The summed E-state index contributed by atoms with van der Waals surface area (Å²) in [4.78, 5) is 18.6. The van der Waals surface area contributed by atoms with Crippen molar-refractivity contribution in [1.82, 2.24) is 14.5 Å². The van der Waals surface area contributed by atoms with Gasteiger partial charge in [0.05, 0.1) is 0 Å². The highest BCUT2D eigenvalue weighted by Gasteiger charge is 2.23. The number of anilines is 1. The number of carbonyl (C=O) groups excluding carboxylic acids is 1. The lowest BCUT2D eigenvalue weighted by molar-refractivity contribution is 0.0768. The first-order valence-electron chi connectivity index (χ1n) is 7.30. The molecule has 1 aliphatic carbocycles. The summed E-state index contributed by atoms with van der Waals surface area (Å²) in [6.45, 7) is 2.77. The highest BCUT2D eigenvalue weighted by molar-refractivity contribution is 5.92. The van der Waals surface area contributed by atoms with Gasteiger partial charge in [-0.2, -0.15) is 0 Å². The second-order valence-corrected chi connectivity index (χ2v) is 5.76. The lowest BCUT2D eigenvalue weighted by Gasteiger charge is -2.19. The Bertz CT molecular complexity index is 439. The van der Waals surface area contributed by atoms with Crippen molar-refractivity contribution in [3.8, 4) is 0 Å². The molecule has 3 rings (SSSR count). The van der Waals surface area contributed by atoms with Gasteiger partial charge < -0.3 is 14.8 Å². The van der Waals surface area contributed by atoms with Crippen molar-refractivity contribution in [2.24, 2.45) is 5.92 Å². The SMILES string of the molecule is CN(CC1CCCC1)C(=O)c1cn2c(n1)NCCC2. The van der Waals surface area contributed by atoms with Crippen molar-refractivity contribution in [3.05, 3.63) is 11.9 Å². The number of nitrogens with one attached hydrogen (secondary N) is 1. The van der Waals surface area contributed by atoms with Crippen molar-refractivity contribution in [2.75, 3.05) is 25.5 Å². The summed E-state index contributed by atoms with van der Waals surface area (Å²) in [7, 11) is 1.90. The predicted octanol–water partition coefficient (Wildman–Crippen LogP) is 1.96. The monoisotopic (exact) mass is 262 g/mol. The molecule has 19 heavy (non-hydrogen) atoms. The Hall–Kier alpha value is -1.52. The second kappa shape index (κ2) is 5.23. The zero-order valence-corrected chi connectivity index (χ0v) is 11.6. The summed E-state index contributed by atoms with van der Waals surface area (Å²) < 4.78 is 2.04. The first-order valence-corrected chi connectivity index (χ1v) is 7.30. The van der Waals surface area contributed by atoms with E-state index in [1.807, 2.05) is 22.7 Å². The number of amides is 1. The third-order valence-corrected chi connectivity index (χ3v) is 4.21. The minimum atomic E-state index is 0.0515. The van der Waals surface area contributed by atoms with Gasteiger partial charge in [0, 0.05) is 32.9 Å². The molecular formula is C14H22N4O. The molecule has 1 amide bonds. The zero-order valence-electron chi connectivity index (χ0n) is 11.6. The van der Waals surface area contributed by atoms with E-state index >= 15 is 0 Å². The minimum absolute atomic E-state index is 0.0515. The molecular weight excluding hydrogens is 240 g/mol. The fraction of sp³-hybridized carbons (Fsp3) is 0.714. The lowest BCUT2D eigenvalue weighted by Crippen LogP contribution is -2.31. The van der Waals surface area contributed by atoms with Crippen LogP contribution in [0, 0.1) is 5.92 Å². The molecule has 0 atom stereocenters. The molecule has 1 N–H and O–H groups in total. The van der Waals surface area contributed by atoms with Gasteiger partial charge in [0.15, 0.2) is 0 Å². The number of aromatic nitrogens is 2. The number of hydrogen-bond acceptors (Lipinski definition) is 3. The Labute approximate surface area is 114 Å². The Kier molecular flexibility index (Phi) is 3.44.